The molecule has 5 aromatic rings. The van der Waals surface area contributed by atoms with Crippen molar-refractivity contribution >= 4 is 63.3 Å². The summed E-state index contributed by atoms with van der Waals surface area (Å²) < 4.78 is 20.2. The van der Waals surface area contributed by atoms with Crippen LogP contribution in [0.1, 0.15) is 68.9 Å². The minimum absolute atomic E-state index is 0.0186. The monoisotopic (exact) mass is 916 g/mol. The summed E-state index contributed by atoms with van der Waals surface area (Å²) in [6.45, 7) is 3.26. The van der Waals surface area contributed by atoms with Gasteiger partial charge in [0.25, 0.3) is 11.8 Å². The van der Waals surface area contributed by atoms with E-state index in [-0.39, 0.29) is 67.4 Å². The molecule has 0 radical (unpaired) electrons. The van der Waals surface area contributed by atoms with Gasteiger partial charge in [-0.1, -0.05) is 30.3 Å². The SMILES string of the molecule is O=C1CCC(N2C(=O)c3cccc(NCCOCCC(=O)N4CCN(c5ccc(-c6ccc7c(c6)C(O)N(C(C(=O)Nc6nccs6)c6cc(F)ccc6O)C7)cc5)CC4)c3C2=O)C(=O)N1. The third kappa shape index (κ3) is 8.84. The number of rotatable bonds is 14. The van der Waals surface area contributed by atoms with Crippen LogP contribution in [0.15, 0.2) is 90.4 Å². The molecule has 2 saturated heterocycles. The number of amides is 6. The number of aliphatic hydroxyl groups is 1. The van der Waals surface area contributed by atoms with E-state index in [9.17, 15) is 43.4 Å². The number of hydrogen-bond donors (Lipinski definition) is 5. The van der Waals surface area contributed by atoms with Crippen molar-refractivity contribution < 1.29 is 48.1 Å². The number of piperidine rings is 1. The maximum atomic E-state index is 14.5. The van der Waals surface area contributed by atoms with Gasteiger partial charge in [0.1, 0.15) is 29.9 Å². The molecule has 0 aliphatic carbocycles. The molecule has 3 atom stereocenters. The number of aliphatic hydroxyl groups excluding tert-OH is 1. The van der Waals surface area contributed by atoms with Crippen molar-refractivity contribution in [2.75, 3.05) is 61.5 Å². The zero-order valence-electron chi connectivity index (χ0n) is 35.4. The van der Waals surface area contributed by atoms with Gasteiger partial charge < -0.3 is 35.4 Å². The zero-order chi connectivity index (χ0) is 46.1. The fraction of sp³-hybridized carbons (Fsp3) is 0.298. The number of hydrogen-bond acceptors (Lipinski definition) is 14. The maximum absolute atomic E-state index is 14.5. The lowest BCUT2D eigenvalue weighted by Gasteiger charge is -2.36. The number of anilines is 3. The fourth-order valence-corrected chi connectivity index (χ4v) is 9.48. The Hall–Kier alpha value is -7.06. The molecule has 19 heteroatoms. The van der Waals surface area contributed by atoms with Gasteiger partial charge in [0.2, 0.25) is 23.6 Å². The van der Waals surface area contributed by atoms with Gasteiger partial charge in [-0.15, -0.1) is 11.3 Å². The third-order valence-electron chi connectivity index (χ3n) is 12.3. The van der Waals surface area contributed by atoms with Crippen molar-refractivity contribution in [2.45, 2.75) is 44.1 Å². The molecule has 66 heavy (non-hydrogen) atoms. The van der Waals surface area contributed by atoms with Gasteiger partial charge in [-0.25, -0.2) is 9.37 Å². The standard InChI is InChI=1S/C47H45FN8O9S/c48-30-8-12-37(57)34(25-30)41(43(61)52-47-50-16-23-66-47)55-26-29-5-4-28(24-33(29)44(55)62)27-6-9-31(10-7-27)53-17-19-54(20-18-53)39(59)14-21-65-22-15-49-35-3-1-2-32-40(35)46(64)56(45(32)63)36-11-13-38(58)51-42(36)60/h1-10,12,16,23-25,36,41,44,49,57,62H,11,13-15,17-22,26H2,(H,50,52,61)(H,51,58,60). The number of ether oxygens (including phenoxy) is 1. The summed E-state index contributed by atoms with van der Waals surface area (Å²) in [5, 5.41) is 32.5. The molecule has 6 amide bonds. The number of imide groups is 2. The van der Waals surface area contributed by atoms with Gasteiger partial charge in [0.05, 0.1) is 30.8 Å². The lowest BCUT2D eigenvalue weighted by Crippen LogP contribution is -2.54. The number of phenols is 1. The molecule has 0 bridgehead atoms. The van der Waals surface area contributed by atoms with E-state index in [1.807, 2.05) is 47.4 Å². The van der Waals surface area contributed by atoms with Crippen LogP contribution in [-0.2, 0) is 30.5 Å². The number of aromatic nitrogens is 1. The van der Waals surface area contributed by atoms with E-state index >= 15 is 0 Å². The molecular formula is C47H45FN8O9S. The first-order valence-corrected chi connectivity index (χ1v) is 22.4. The number of aromatic hydroxyl groups is 1. The number of piperazine rings is 1. The molecule has 2 fully saturated rings. The number of thiazole rings is 1. The normalized spacial score (nSPS) is 18.8. The van der Waals surface area contributed by atoms with Crippen LogP contribution in [0.25, 0.3) is 11.1 Å². The Balaban J connectivity index is 0.741. The molecular weight excluding hydrogens is 872 g/mol. The first-order valence-electron chi connectivity index (χ1n) is 21.5. The molecule has 3 unspecified atom stereocenters. The number of carbonyl (C=O) groups is 6. The quantitative estimate of drug-likeness (QED) is 0.0773. The highest BCUT2D eigenvalue weighted by Crippen LogP contribution is 2.43. The zero-order valence-corrected chi connectivity index (χ0v) is 36.3. The lowest BCUT2D eigenvalue weighted by atomic mass is 9.99. The highest BCUT2D eigenvalue weighted by atomic mass is 32.1. The Labute approximate surface area is 381 Å². The Kier molecular flexibility index (Phi) is 12.6. The maximum Gasteiger partial charge on any atom is 0.264 e. The average Bonchev–Trinajstić information content (AvgIpc) is 4.02. The molecule has 4 aliphatic rings. The molecule has 340 valence electrons. The van der Waals surface area contributed by atoms with E-state index in [2.05, 4.69) is 25.8 Å². The smallest absolute Gasteiger partial charge is 0.264 e. The topological polar surface area (TPSA) is 214 Å². The summed E-state index contributed by atoms with van der Waals surface area (Å²) in [4.78, 5) is 87.8. The number of nitrogens with one attached hydrogen (secondary N) is 3. The Morgan fingerprint density at radius 3 is 2.48 bits per heavy atom. The first-order chi connectivity index (χ1) is 31.9. The van der Waals surface area contributed by atoms with Crippen molar-refractivity contribution in [1.29, 1.82) is 0 Å². The lowest BCUT2D eigenvalue weighted by molar-refractivity contribution is -0.136. The minimum Gasteiger partial charge on any atom is -0.508 e. The van der Waals surface area contributed by atoms with Crippen molar-refractivity contribution in [1.82, 2.24) is 25.0 Å². The fourth-order valence-electron chi connectivity index (χ4n) is 8.95. The van der Waals surface area contributed by atoms with Gasteiger partial charge in [-0.3, -0.25) is 43.9 Å². The number of carbonyl (C=O) groups excluding carboxylic acids is 6. The number of benzene rings is 4. The van der Waals surface area contributed by atoms with Gasteiger partial charge in [-0.05, 0) is 71.6 Å². The number of phenolic OH excluding ortho intramolecular Hbond substituents is 1. The molecule has 1 aromatic heterocycles. The molecule has 0 saturated carbocycles. The second-order valence-corrected chi connectivity index (χ2v) is 17.2. The van der Waals surface area contributed by atoms with E-state index < -0.39 is 53.7 Å². The van der Waals surface area contributed by atoms with Gasteiger partial charge in [-0.2, -0.15) is 0 Å². The van der Waals surface area contributed by atoms with E-state index in [0.717, 1.165) is 39.4 Å². The number of fused-ring (bicyclic) bond motifs is 2. The van der Waals surface area contributed by atoms with Crippen LogP contribution < -0.4 is 20.9 Å². The van der Waals surface area contributed by atoms with Crippen LogP contribution in [0.4, 0.5) is 20.9 Å². The van der Waals surface area contributed by atoms with E-state index in [0.29, 0.717) is 49.1 Å². The van der Waals surface area contributed by atoms with E-state index in [1.54, 1.807) is 17.5 Å². The largest absolute Gasteiger partial charge is 0.508 e. The minimum atomic E-state index is -1.23. The third-order valence-corrected chi connectivity index (χ3v) is 13.0. The Bertz CT molecular complexity index is 2710. The van der Waals surface area contributed by atoms with Gasteiger partial charge >= 0.3 is 0 Å². The average molecular weight is 917 g/mol. The second kappa shape index (κ2) is 18.8. The summed E-state index contributed by atoms with van der Waals surface area (Å²) in [5.41, 5.74) is 4.92. The van der Waals surface area contributed by atoms with Crippen molar-refractivity contribution in [3.63, 3.8) is 0 Å². The summed E-state index contributed by atoms with van der Waals surface area (Å²) >= 11 is 1.21. The molecule has 17 nitrogen and oxygen atoms in total. The van der Waals surface area contributed by atoms with Gasteiger partial charge in [0, 0.05) is 79.8 Å². The molecule has 5 N–H and O–H groups in total. The van der Waals surface area contributed by atoms with Crippen LogP contribution in [0.5, 0.6) is 5.75 Å². The highest BCUT2D eigenvalue weighted by molar-refractivity contribution is 7.13. The van der Waals surface area contributed by atoms with Crippen molar-refractivity contribution in [2.24, 2.45) is 0 Å². The van der Waals surface area contributed by atoms with Crippen molar-refractivity contribution in [3.8, 4) is 16.9 Å². The number of nitrogens with zero attached hydrogens (tertiary/aromatic N) is 5. The summed E-state index contributed by atoms with van der Waals surface area (Å²) in [6, 6.07) is 19.7. The van der Waals surface area contributed by atoms with Gasteiger partial charge in [0.15, 0.2) is 5.13 Å². The van der Waals surface area contributed by atoms with Crippen LogP contribution in [0.2, 0.25) is 0 Å². The van der Waals surface area contributed by atoms with Crippen LogP contribution in [0, 0.1) is 5.82 Å². The number of halogens is 1. The second-order valence-electron chi connectivity index (χ2n) is 16.3. The Morgan fingerprint density at radius 2 is 1.73 bits per heavy atom. The summed E-state index contributed by atoms with van der Waals surface area (Å²) in [6.07, 6.45) is 0.609. The van der Waals surface area contributed by atoms with Crippen LogP contribution in [-0.4, -0.2) is 117 Å². The van der Waals surface area contributed by atoms with Crippen molar-refractivity contribution in [3.05, 3.63) is 124 Å². The van der Waals surface area contributed by atoms with Crippen LogP contribution in [0.3, 0.4) is 0 Å². The van der Waals surface area contributed by atoms with Crippen LogP contribution >= 0.6 is 11.3 Å². The van der Waals surface area contributed by atoms with E-state index in [4.69, 9.17) is 4.74 Å². The predicted molar refractivity (Wildman–Crippen MR) is 240 cm³/mol. The van der Waals surface area contributed by atoms with E-state index in [1.165, 1.54) is 34.6 Å². The Morgan fingerprint density at radius 1 is 0.939 bits per heavy atom. The molecule has 5 heterocycles. The summed E-state index contributed by atoms with van der Waals surface area (Å²) in [5.74, 6) is -3.80. The summed E-state index contributed by atoms with van der Waals surface area (Å²) in [7, 11) is 0. The first kappa shape index (κ1) is 44.2. The molecule has 9 rings (SSSR count). The predicted octanol–water partition coefficient (Wildman–Crippen LogP) is 4.41. The molecule has 0 spiro atoms. The highest BCUT2D eigenvalue weighted by Gasteiger charge is 2.46. The molecule has 4 aromatic carbocycles. The molecule has 4 aliphatic heterocycles.